The summed E-state index contributed by atoms with van der Waals surface area (Å²) >= 11 is 0. The van der Waals surface area contributed by atoms with Gasteiger partial charge in [-0.3, -0.25) is 0 Å². The van der Waals surface area contributed by atoms with Gasteiger partial charge in [0.05, 0.1) is 12.6 Å². The Bertz CT molecular complexity index is 265. The number of aliphatic hydroxyl groups excluding tert-OH is 3. The molecule has 1 saturated heterocycles. The summed E-state index contributed by atoms with van der Waals surface area (Å²) in [6.07, 6.45) is -0.257. The van der Waals surface area contributed by atoms with Crippen molar-refractivity contribution in [3.8, 4) is 0 Å². The first-order valence-corrected chi connectivity index (χ1v) is 7.10. The largest absolute Gasteiger partial charge is 0.394 e. The molecule has 1 aliphatic rings. The number of aliphatic hydroxyl groups is 4. The molecule has 114 valence electrons. The number of likely N-dealkylation sites (N-methyl/N-ethyl adjacent to an activating group) is 1. The van der Waals surface area contributed by atoms with E-state index in [2.05, 4.69) is 12.2 Å². The Kier molecular flexibility index (Phi) is 6.65. The summed E-state index contributed by atoms with van der Waals surface area (Å²) in [5.41, 5.74) is 0. The smallest absolute Gasteiger partial charge is 0.184 e. The standard InChI is InChI=1S/C13H27NO5/c1-3-5-6-7-13(18)12(14-4-2)11(17)10(16)9(8-15)19-13/h9-12,14-18H,3-8H2,1-2H3/t9-,10-,11+,12-,13?/m1/s1. The third-order valence-electron chi connectivity index (χ3n) is 3.66. The fourth-order valence-electron chi connectivity index (χ4n) is 2.58. The zero-order valence-corrected chi connectivity index (χ0v) is 11.7. The van der Waals surface area contributed by atoms with Crippen LogP contribution in [0.25, 0.3) is 0 Å². The molecule has 0 aromatic carbocycles. The van der Waals surface area contributed by atoms with E-state index in [1.165, 1.54) is 0 Å². The number of ether oxygens (including phenoxy) is 1. The van der Waals surface area contributed by atoms with Crippen LogP contribution in [0, 0.1) is 0 Å². The van der Waals surface area contributed by atoms with Crippen molar-refractivity contribution < 1.29 is 25.2 Å². The van der Waals surface area contributed by atoms with Crippen molar-refractivity contribution >= 4 is 0 Å². The lowest BCUT2D eigenvalue weighted by Crippen LogP contribution is -2.69. The molecular formula is C13H27NO5. The number of unbranched alkanes of at least 4 members (excludes halogenated alkanes) is 2. The molecule has 0 radical (unpaired) electrons. The van der Waals surface area contributed by atoms with Crippen molar-refractivity contribution in [1.29, 1.82) is 0 Å². The van der Waals surface area contributed by atoms with Gasteiger partial charge in [0, 0.05) is 6.42 Å². The van der Waals surface area contributed by atoms with Crippen LogP contribution in [0.4, 0.5) is 0 Å². The maximum Gasteiger partial charge on any atom is 0.184 e. The lowest BCUT2D eigenvalue weighted by atomic mass is 9.87. The second-order valence-corrected chi connectivity index (χ2v) is 5.16. The molecule has 1 heterocycles. The van der Waals surface area contributed by atoms with Gasteiger partial charge in [0.15, 0.2) is 5.79 Å². The number of hydrogen-bond donors (Lipinski definition) is 5. The Morgan fingerprint density at radius 2 is 1.84 bits per heavy atom. The second kappa shape index (κ2) is 7.52. The predicted octanol–water partition coefficient (Wildman–Crippen LogP) is -0.654. The lowest BCUT2D eigenvalue weighted by molar-refractivity contribution is -0.321. The zero-order valence-electron chi connectivity index (χ0n) is 11.7. The van der Waals surface area contributed by atoms with Gasteiger partial charge in [-0.05, 0) is 13.0 Å². The molecule has 19 heavy (non-hydrogen) atoms. The molecule has 0 aliphatic carbocycles. The van der Waals surface area contributed by atoms with Crippen LogP contribution < -0.4 is 5.32 Å². The molecular weight excluding hydrogens is 250 g/mol. The van der Waals surface area contributed by atoms with E-state index in [-0.39, 0.29) is 0 Å². The summed E-state index contributed by atoms with van der Waals surface area (Å²) in [4.78, 5) is 0. The number of nitrogens with one attached hydrogen (secondary N) is 1. The summed E-state index contributed by atoms with van der Waals surface area (Å²) in [7, 11) is 0. The van der Waals surface area contributed by atoms with E-state index in [1.54, 1.807) is 0 Å². The average Bonchev–Trinajstić information content (AvgIpc) is 2.39. The van der Waals surface area contributed by atoms with E-state index in [4.69, 9.17) is 4.74 Å². The van der Waals surface area contributed by atoms with Crippen molar-refractivity contribution in [1.82, 2.24) is 5.32 Å². The molecule has 0 saturated carbocycles. The van der Waals surface area contributed by atoms with Crippen LogP contribution in [0.1, 0.15) is 39.5 Å². The van der Waals surface area contributed by atoms with E-state index in [9.17, 15) is 20.4 Å². The maximum absolute atomic E-state index is 10.6. The maximum atomic E-state index is 10.6. The summed E-state index contributed by atoms with van der Waals surface area (Å²) in [6, 6.07) is -0.757. The van der Waals surface area contributed by atoms with Crippen LogP contribution in [0.2, 0.25) is 0 Å². The molecule has 1 aliphatic heterocycles. The first-order valence-electron chi connectivity index (χ1n) is 7.10. The van der Waals surface area contributed by atoms with Gasteiger partial charge in [0.1, 0.15) is 18.3 Å². The Labute approximate surface area is 114 Å². The molecule has 1 unspecified atom stereocenters. The van der Waals surface area contributed by atoms with Crippen LogP contribution >= 0.6 is 0 Å². The highest BCUT2D eigenvalue weighted by molar-refractivity contribution is 4.99. The summed E-state index contributed by atoms with van der Waals surface area (Å²) < 4.78 is 5.45. The molecule has 0 aromatic heterocycles. The van der Waals surface area contributed by atoms with Crippen LogP contribution in [0.15, 0.2) is 0 Å². The minimum absolute atomic E-state index is 0.360. The zero-order chi connectivity index (χ0) is 14.5. The monoisotopic (exact) mass is 277 g/mol. The van der Waals surface area contributed by atoms with Crippen LogP contribution in [0.3, 0.4) is 0 Å². The van der Waals surface area contributed by atoms with Crippen molar-refractivity contribution in [3.05, 3.63) is 0 Å². The highest BCUT2D eigenvalue weighted by atomic mass is 16.6. The molecule has 6 nitrogen and oxygen atoms in total. The molecule has 0 aromatic rings. The van der Waals surface area contributed by atoms with Crippen LogP contribution in [-0.4, -0.2) is 63.7 Å². The third-order valence-corrected chi connectivity index (χ3v) is 3.66. The van der Waals surface area contributed by atoms with Gasteiger partial charge in [0.2, 0.25) is 0 Å². The topological polar surface area (TPSA) is 102 Å². The van der Waals surface area contributed by atoms with Crippen molar-refractivity contribution in [2.24, 2.45) is 0 Å². The average molecular weight is 277 g/mol. The lowest BCUT2D eigenvalue weighted by Gasteiger charge is -2.48. The highest BCUT2D eigenvalue weighted by Gasteiger charge is 2.52. The summed E-state index contributed by atoms with van der Waals surface area (Å²) in [5, 5.41) is 42.7. The normalized spacial score (nSPS) is 39.5. The van der Waals surface area contributed by atoms with Crippen LogP contribution in [0.5, 0.6) is 0 Å². The molecule has 6 heteroatoms. The van der Waals surface area contributed by atoms with Gasteiger partial charge in [-0.25, -0.2) is 0 Å². The number of hydrogen-bond acceptors (Lipinski definition) is 6. The van der Waals surface area contributed by atoms with Gasteiger partial charge < -0.3 is 30.5 Å². The van der Waals surface area contributed by atoms with E-state index in [0.717, 1.165) is 19.3 Å². The van der Waals surface area contributed by atoms with Gasteiger partial charge >= 0.3 is 0 Å². The van der Waals surface area contributed by atoms with Crippen molar-refractivity contribution in [2.45, 2.75) is 69.7 Å². The Morgan fingerprint density at radius 1 is 1.16 bits per heavy atom. The molecule has 0 amide bonds. The fraction of sp³-hybridized carbons (Fsp3) is 1.00. The molecule has 5 atom stereocenters. The third kappa shape index (κ3) is 3.87. The molecule has 1 rings (SSSR count). The van der Waals surface area contributed by atoms with E-state index in [1.807, 2.05) is 6.92 Å². The Balaban J connectivity index is 2.81. The van der Waals surface area contributed by atoms with Gasteiger partial charge in [-0.2, -0.15) is 0 Å². The van der Waals surface area contributed by atoms with E-state index in [0.29, 0.717) is 13.0 Å². The SMILES string of the molecule is CCCCCC1(O)O[C@H](CO)[C@@H](O)[C@H](O)[C@H]1NCC. The first kappa shape index (κ1) is 16.8. The minimum atomic E-state index is -1.56. The van der Waals surface area contributed by atoms with Gasteiger partial charge in [-0.15, -0.1) is 0 Å². The molecule has 0 bridgehead atoms. The van der Waals surface area contributed by atoms with Gasteiger partial charge in [0.25, 0.3) is 0 Å². The summed E-state index contributed by atoms with van der Waals surface area (Å²) in [5.74, 6) is -1.56. The summed E-state index contributed by atoms with van der Waals surface area (Å²) in [6.45, 7) is 4.01. The van der Waals surface area contributed by atoms with Gasteiger partial charge in [-0.1, -0.05) is 26.7 Å². The Morgan fingerprint density at radius 3 is 2.37 bits per heavy atom. The van der Waals surface area contributed by atoms with Crippen LogP contribution in [-0.2, 0) is 4.74 Å². The molecule has 0 spiro atoms. The van der Waals surface area contributed by atoms with E-state index >= 15 is 0 Å². The highest BCUT2D eigenvalue weighted by Crippen LogP contribution is 2.32. The number of rotatable bonds is 7. The second-order valence-electron chi connectivity index (χ2n) is 5.16. The molecule has 5 N–H and O–H groups in total. The minimum Gasteiger partial charge on any atom is -0.394 e. The van der Waals surface area contributed by atoms with E-state index < -0.39 is 36.7 Å². The molecule has 1 fully saturated rings. The van der Waals surface area contributed by atoms with Crippen molar-refractivity contribution in [2.75, 3.05) is 13.2 Å². The first-order chi connectivity index (χ1) is 9.00. The fourth-order valence-corrected chi connectivity index (χ4v) is 2.58. The quantitative estimate of drug-likeness (QED) is 0.396. The van der Waals surface area contributed by atoms with Crippen molar-refractivity contribution in [3.63, 3.8) is 0 Å². The predicted molar refractivity (Wildman–Crippen MR) is 70.5 cm³/mol. The Hall–Kier alpha value is -0.240.